The van der Waals surface area contributed by atoms with Crippen LogP contribution in [0.25, 0.3) is 0 Å². The van der Waals surface area contributed by atoms with Gasteiger partial charge in [0.1, 0.15) is 0 Å². The molecule has 1 N–H and O–H groups in total. The summed E-state index contributed by atoms with van der Waals surface area (Å²) >= 11 is 0. The van der Waals surface area contributed by atoms with E-state index in [1.165, 1.54) is 6.08 Å². The van der Waals surface area contributed by atoms with Crippen LogP contribution in [0.3, 0.4) is 0 Å². The SMILES string of the molecule is C=CC(CCCO)S(=O)(=O)c1ccccc1. The number of benzene rings is 1. The fourth-order valence-corrected chi connectivity index (χ4v) is 3.09. The van der Waals surface area contributed by atoms with E-state index in [4.69, 9.17) is 5.11 Å². The van der Waals surface area contributed by atoms with Crippen LogP contribution in [0, 0.1) is 0 Å². The van der Waals surface area contributed by atoms with Gasteiger partial charge in [-0.15, -0.1) is 6.58 Å². The molecule has 0 aliphatic heterocycles. The Kier molecular flexibility index (Phi) is 4.71. The quantitative estimate of drug-likeness (QED) is 0.771. The van der Waals surface area contributed by atoms with Crippen molar-refractivity contribution in [3.8, 4) is 0 Å². The van der Waals surface area contributed by atoms with E-state index in [0.717, 1.165) is 0 Å². The minimum absolute atomic E-state index is 0.00531. The lowest BCUT2D eigenvalue weighted by molar-refractivity contribution is 0.285. The van der Waals surface area contributed by atoms with Crippen LogP contribution >= 0.6 is 0 Å². The molecule has 0 amide bonds. The van der Waals surface area contributed by atoms with E-state index < -0.39 is 15.1 Å². The molecule has 1 unspecified atom stereocenters. The normalized spacial score (nSPS) is 13.3. The summed E-state index contributed by atoms with van der Waals surface area (Å²) in [6.45, 7) is 3.54. The summed E-state index contributed by atoms with van der Waals surface area (Å²) in [7, 11) is -3.35. The highest BCUT2D eigenvalue weighted by Crippen LogP contribution is 2.19. The Morgan fingerprint density at radius 1 is 1.31 bits per heavy atom. The topological polar surface area (TPSA) is 54.4 Å². The maximum atomic E-state index is 12.1. The average molecular weight is 240 g/mol. The maximum absolute atomic E-state index is 12.1. The molecule has 0 bridgehead atoms. The van der Waals surface area contributed by atoms with Crippen molar-refractivity contribution in [3.63, 3.8) is 0 Å². The number of rotatable bonds is 6. The zero-order valence-corrected chi connectivity index (χ0v) is 9.86. The van der Waals surface area contributed by atoms with E-state index in [9.17, 15) is 8.42 Å². The fraction of sp³-hybridized carbons (Fsp3) is 0.333. The molecule has 0 fully saturated rings. The molecular formula is C12H16O3S. The lowest BCUT2D eigenvalue weighted by Gasteiger charge is -2.12. The van der Waals surface area contributed by atoms with Gasteiger partial charge in [0, 0.05) is 6.61 Å². The standard InChI is InChI=1S/C12H16O3S/c1-2-11(9-6-10-13)16(14,15)12-7-4-3-5-8-12/h2-5,7-8,11,13H,1,6,9-10H2. The molecule has 0 saturated carbocycles. The summed E-state index contributed by atoms with van der Waals surface area (Å²) in [6.07, 6.45) is 2.29. The Morgan fingerprint density at radius 3 is 2.44 bits per heavy atom. The van der Waals surface area contributed by atoms with Crippen LogP contribution in [0.4, 0.5) is 0 Å². The molecule has 4 heteroatoms. The zero-order valence-electron chi connectivity index (χ0n) is 9.04. The molecule has 0 heterocycles. The maximum Gasteiger partial charge on any atom is 0.184 e. The van der Waals surface area contributed by atoms with Crippen LogP contribution in [-0.4, -0.2) is 25.4 Å². The van der Waals surface area contributed by atoms with Gasteiger partial charge < -0.3 is 5.11 Å². The average Bonchev–Trinajstić information content (AvgIpc) is 2.31. The molecule has 1 rings (SSSR count). The molecule has 1 aromatic rings. The van der Waals surface area contributed by atoms with Crippen LogP contribution in [0.15, 0.2) is 47.9 Å². The number of sulfone groups is 1. The zero-order chi connectivity index (χ0) is 12.0. The summed E-state index contributed by atoms with van der Waals surface area (Å²) in [6, 6.07) is 8.31. The van der Waals surface area contributed by atoms with Crippen LogP contribution in [0.5, 0.6) is 0 Å². The van der Waals surface area contributed by atoms with Crippen LogP contribution in [-0.2, 0) is 9.84 Å². The predicted octanol–water partition coefficient (Wildman–Crippen LogP) is 1.79. The van der Waals surface area contributed by atoms with Gasteiger partial charge in [0.2, 0.25) is 0 Å². The summed E-state index contributed by atoms with van der Waals surface area (Å²) in [5.74, 6) is 0. The van der Waals surface area contributed by atoms with E-state index in [1.807, 2.05) is 0 Å². The lowest BCUT2D eigenvalue weighted by Crippen LogP contribution is -2.19. The Bertz CT molecular complexity index is 423. The molecule has 16 heavy (non-hydrogen) atoms. The van der Waals surface area contributed by atoms with Crippen molar-refractivity contribution in [2.75, 3.05) is 6.61 Å². The second-order valence-electron chi connectivity index (χ2n) is 3.50. The molecule has 0 spiro atoms. The van der Waals surface area contributed by atoms with E-state index in [1.54, 1.807) is 30.3 Å². The van der Waals surface area contributed by atoms with Gasteiger partial charge in [0.25, 0.3) is 0 Å². The van der Waals surface area contributed by atoms with Crippen LogP contribution in [0.1, 0.15) is 12.8 Å². The number of aliphatic hydroxyl groups excluding tert-OH is 1. The van der Waals surface area contributed by atoms with Crippen molar-refractivity contribution in [1.82, 2.24) is 0 Å². The molecule has 0 radical (unpaired) electrons. The second-order valence-corrected chi connectivity index (χ2v) is 5.66. The molecular weight excluding hydrogens is 224 g/mol. The number of hydrogen-bond acceptors (Lipinski definition) is 3. The van der Waals surface area contributed by atoms with Crippen LogP contribution < -0.4 is 0 Å². The minimum atomic E-state index is -3.35. The summed E-state index contributed by atoms with van der Waals surface area (Å²) in [5, 5.41) is 8.09. The monoisotopic (exact) mass is 240 g/mol. The molecule has 0 saturated heterocycles. The fourth-order valence-electron chi connectivity index (χ4n) is 1.48. The van der Waals surface area contributed by atoms with Crippen molar-refractivity contribution >= 4 is 9.84 Å². The van der Waals surface area contributed by atoms with Crippen molar-refractivity contribution < 1.29 is 13.5 Å². The van der Waals surface area contributed by atoms with Gasteiger partial charge in [0.15, 0.2) is 9.84 Å². The molecule has 0 aromatic heterocycles. The molecule has 1 aromatic carbocycles. The summed E-state index contributed by atoms with van der Waals surface area (Å²) in [4.78, 5) is 0.304. The van der Waals surface area contributed by atoms with Crippen molar-refractivity contribution in [2.45, 2.75) is 23.0 Å². The second kappa shape index (κ2) is 5.82. The van der Waals surface area contributed by atoms with Gasteiger partial charge in [0.05, 0.1) is 10.1 Å². The first-order chi connectivity index (χ1) is 7.62. The third-order valence-electron chi connectivity index (χ3n) is 2.38. The first kappa shape index (κ1) is 12.9. The first-order valence-corrected chi connectivity index (χ1v) is 6.70. The molecule has 0 aliphatic carbocycles. The summed E-state index contributed by atoms with van der Waals surface area (Å²) in [5.41, 5.74) is 0. The van der Waals surface area contributed by atoms with E-state index >= 15 is 0 Å². The predicted molar refractivity (Wildman–Crippen MR) is 63.9 cm³/mol. The Hall–Kier alpha value is -1.13. The highest BCUT2D eigenvalue weighted by atomic mass is 32.2. The van der Waals surface area contributed by atoms with Crippen molar-refractivity contribution in [2.24, 2.45) is 0 Å². The Labute approximate surface area is 96.4 Å². The van der Waals surface area contributed by atoms with Crippen molar-refractivity contribution in [3.05, 3.63) is 43.0 Å². The van der Waals surface area contributed by atoms with Gasteiger partial charge in [-0.25, -0.2) is 8.42 Å². The molecule has 88 valence electrons. The summed E-state index contributed by atoms with van der Waals surface area (Å²) < 4.78 is 24.2. The Balaban J connectivity index is 2.96. The molecule has 0 aliphatic rings. The van der Waals surface area contributed by atoms with Gasteiger partial charge in [-0.3, -0.25) is 0 Å². The smallest absolute Gasteiger partial charge is 0.184 e. The van der Waals surface area contributed by atoms with E-state index in [2.05, 4.69) is 6.58 Å². The molecule has 1 atom stereocenters. The lowest BCUT2D eigenvalue weighted by atomic mass is 10.2. The van der Waals surface area contributed by atoms with Gasteiger partial charge in [-0.1, -0.05) is 24.3 Å². The largest absolute Gasteiger partial charge is 0.396 e. The van der Waals surface area contributed by atoms with Crippen molar-refractivity contribution in [1.29, 1.82) is 0 Å². The van der Waals surface area contributed by atoms with Gasteiger partial charge in [-0.2, -0.15) is 0 Å². The highest BCUT2D eigenvalue weighted by Gasteiger charge is 2.23. The van der Waals surface area contributed by atoms with E-state index in [-0.39, 0.29) is 6.61 Å². The number of hydrogen-bond donors (Lipinski definition) is 1. The third kappa shape index (κ3) is 2.93. The highest BCUT2D eigenvalue weighted by molar-refractivity contribution is 7.92. The third-order valence-corrected chi connectivity index (χ3v) is 4.53. The Morgan fingerprint density at radius 2 is 1.94 bits per heavy atom. The minimum Gasteiger partial charge on any atom is -0.396 e. The van der Waals surface area contributed by atoms with Gasteiger partial charge >= 0.3 is 0 Å². The van der Waals surface area contributed by atoms with Crippen LogP contribution in [0.2, 0.25) is 0 Å². The number of aliphatic hydroxyl groups is 1. The van der Waals surface area contributed by atoms with Gasteiger partial charge in [-0.05, 0) is 25.0 Å². The molecule has 3 nitrogen and oxygen atoms in total. The first-order valence-electron chi connectivity index (χ1n) is 5.15. The van der Waals surface area contributed by atoms with E-state index in [0.29, 0.717) is 17.7 Å².